The fraction of sp³-hybridized carbons (Fsp3) is 0.250. The van der Waals surface area contributed by atoms with Crippen LogP contribution in [0.1, 0.15) is 34.0 Å². The quantitative estimate of drug-likeness (QED) is 0.535. The molecule has 0 aliphatic carbocycles. The zero-order valence-corrected chi connectivity index (χ0v) is 20.6. The van der Waals surface area contributed by atoms with E-state index in [1.54, 1.807) is 60.6 Å². The van der Waals surface area contributed by atoms with E-state index in [0.29, 0.717) is 41.5 Å². The zero-order valence-electron chi connectivity index (χ0n) is 19.8. The lowest BCUT2D eigenvalue weighted by Crippen LogP contribution is -2.50. The highest BCUT2D eigenvalue weighted by molar-refractivity contribution is 6.30. The first-order valence-corrected chi connectivity index (χ1v) is 12.2. The number of benzene rings is 2. The van der Waals surface area contributed by atoms with Crippen molar-refractivity contribution in [3.8, 4) is 5.75 Å². The van der Waals surface area contributed by atoms with Gasteiger partial charge in [0.25, 0.3) is 17.4 Å². The molecule has 2 amide bonds. The number of rotatable bonds is 5. The van der Waals surface area contributed by atoms with Crippen LogP contribution in [0.2, 0.25) is 5.02 Å². The molecule has 1 fully saturated rings. The second-order valence-electron chi connectivity index (χ2n) is 9.17. The summed E-state index contributed by atoms with van der Waals surface area (Å²) >= 11 is 5.97. The Morgan fingerprint density at radius 1 is 1.00 bits per heavy atom. The predicted octanol–water partition coefficient (Wildman–Crippen LogP) is 3.93. The van der Waals surface area contributed by atoms with Crippen molar-refractivity contribution >= 4 is 29.5 Å². The van der Waals surface area contributed by atoms with E-state index in [0.717, 1.165) is 12.1 Å². The first-order valence-electron chi connectivity index (χ1n) is 11.8. The third-order valence-corrected chi connectivity index (χ3v) is 7.04. The van der Waals surface area contributed by atoms with Crippen LogP contribution < -0.4 is 15.6 Å². The van der Waals surface area contributed by atoms with Gasteiger partial charge in [0, 0.05) is 53.5 Å². The van der Waals surface area contributed by atoms with E-state index in [9.17, 15) is 14.4 Å². The smallest absolute Gasteiger partial charge is 0.270 e. The van der Waals surface area contributed by atoms with Gasteiger partial charge in [-0.2, -0.15) is 0 Å². The number of hydrogen-bond acceptors (Lipinski definition) is 4. The average molecular weight is 504 g/mol. The number of carbonyl (C=O) groups is 2. The van der Waals surface area contributed by atoms with E-state index in [1.165, 1.54) is 0 Å². The van der Waals surface area contributed by atoms with E-state index >= 15 is 0 Å². The fourth-order valence-corrected chi connectivity index (χ4v) is 5.25. The van der Waals surface area contributed by atoms with Crippen molar-refractivity contribution in [2.45, 2.75) is 18.9 Å². The lowest BCUT2D eigenvalue weighted by molar-refractivity contribution is -0.130. The summed E-state index contributed by atoms with van der Waals surface area (Å²) in [6.45, 7) is 1.56. The number of para-hydroxylation sites is 1. The number of nitrogens with zero attached hydrogens (tertiary/aromatic N) is 2. The molecule has 3 heterocycles. The van der Waals surface area contributed by atoms with Crippen LogP contribution in [-0.2, 0) is 11.3 Å². The molecule has 2 aliphatic rings. The van der Waals surface area contributed by atoms with Gasteiger partial charge in [-0.15, -0.1) is 0 Å². The van der Waals surface area contributed by atoms with Crippen LogP contribution in [-0.4, -0.2) is 41.5 Å². The van der Waals surface area contributed by atoms with E-state index < -0.39 is 5.91 Å². The summed E-state index contributed by atoms with van der Waals surface area (Å²) < 4.78 is 7.28. The van der Waals surface area contributed by atoms with Crippen molar-refractivity contribution in [2.24, 2.45) is 5.92 Å². The Morgan fingerprint density at radius 2 is 1.78 bits per heavy atom. The lowest BCUT2D eigenvalue weighted by Gasteiger charge is -2.43. The minimum atomic E-state index is -0.407. The van der Waals surface area contributed by atoms with Gasteiger partial charge in [-0.25, -0.2) is 0 Å². The van der Waals surface area contributed by atoms with Crippen LogP contribution in [0.5, 0.6) is 5.75 Å². The first-order chi connectivity index (χ1) is 17.4. The molecule has 0 saturated carbocycles. The Kier molecular flexibility index (Phi) is 6.65. The van der Waals surface area contributed by atoms with Crippen molar-refractivity contribution in [3.05, 3.63) is 105 Å². The molecule has 184 valence electrons. The zero-order chi connectivity index (χ0) is 25.2. The SMILES string of the molecule is COc1ccccc1/C=C(/NC(=O)c1ccc(Cl)cc1)C(=O)N1CC2CC(C1)c1cccc(=O)n1C2. The van der Waals surface area contributed by atoms with Crippen LogP contribution in [0.25, 0.3) is 6.08 Å². The highest BCUT2D eigenvalue weighted by Crippen LogP contribution is 2.35. The van der Waals surface area contributed by atoms with Crippen molar-refractivity contribution in [2.75, 3.05) is 20.2 Å². The molecule has 8 heteroatoms. The Labute approximate surface area is 213 Å². The van der Waals surface area contributed by atoms with Gasteiger partial charge >= 0.3 is 0 Å². The molecule has 7 nitrogen and oxygen atoms in total. The number of aromatic nitrogens is 1. The van der Waals surface area contributed by atoms with Gasteiger partial charge in [-0.3, -0.25) is 14.4 Å². The van der Waals surface area contributed by atoms with Gasteiger partial charge < -0.3 is 19.5 Å². The minimum absolute atomic E-state index is 0.00559. The summed E-state index contributed by atoms with van der Waals surface area (Å²) in [4.78, 5) is 41.1. The topological polar surface area (TPSA) is 80.6 Å². The van der Waals surface area contributed by atoms with Crippen LogP contribution in [0.15, 0.2) is 77.2 Å². The Balaban J connectivity index is 1.46. The van der Waals surface area contributed by atoms with E-state index in [2.05, 4.69) is 5.32 Å². The number of pyridine rings is 1. The lowest BCUT2D eigenvalue weighted by atomic mass is 9.83. The summed E-state index contributed by atoms with van der Waals surface area (Å²) in [7, 11) is 1.56. The molecule has 2 bridgehead atoms. The summed E-state index contributed by atoms with van der Waals surface area (Å²) in [5, 5.41) is 3.34. The number of ether oxygens (including phenoxy) is 1. The van der Waals surface area contributed by atoms with Gasteiger partial charge in [-0.05, 0) is 54.8 Å². The number of hydrogen-bond donors (Lipinski definition) is 1. The molecule has 0 spiro atoms. The summed E-state index contributed by atoms with van der Waals surface area (Å²) in [5.74, 6) is 0.141. The van der Waals surface area contributed by atoms with Crippen molar-refractivity contribution in [1.29, 1.82) is 0 Å². The van der Waals surface area contributed by atoms with Gasteiger partial charge in [0.15, 0.2) is 0 Å². The third kappa shape index (κ3) is 4.79. The van der Waals surface area contributed by atoms with Crippen LogP contribution in [0.3, 0.4) is 0 Å². The molecular weight excluding hydrogens is 478 g/mol. The van der Waals surface area contributed by atoms with Gasteiger partial charge in [0.1, 0.15) is 11.4 Å². The van der Waals surface area contributed by atoms with Crippen LogP contribution in [0.4, 0.5) is 0 Å². The van der Waals surface area contributed by atoms with E-state index in [-0.39, 0.29) is 29.0 Å². The molecular formula is C28H26ClN3O4. The maximum absolute atomic E-state index is 13.8. The average Bonchev–Trinajstić information content (AvgIpc) is 2.89. The number of fused-ring (bicyclic) bond motifs is 4. The number of carbonyl (C=O) groups excluding carboxylic acids is 2. The maximum atomic E-state index is 13.8. The summed E-state index contributed by atoms with van der Waals surface area (Å²) in [6, 6.07) is 19.1. The molecule has 36 heavy (non-hydrogen) atoms. The summed E-state index contributed by atoms with van der Waals surface area (Å²) in [5.41, 5.74) is 2.17. The van der Waals surface area contributed by atoms with Crippen molar-refractivity contribution in [1.82, 2.24) is 14.8 Å². The molecule has 3 aromatic rings. The molecule has 2 aliphatic heterocycles. The molecule has 2 atom stereocenters. The largest absolute Gasteiger partial charge is 0.496 e. The Hall–Kier alpha value is -3.84. The van der Waals surface area contributed by atoms with E-state index in [1.807, 2.05) is 28.8 Å². The minimum Gasteiger partial charge on any atom is -0.496 e. The van der Waals surface area contributed by atoms with Gasteiger partial charge in [0.05, 0.1) is 7.11 Å². The van der Waals surface area contributed by atoms with Gasteiger partial charge in [0.2, 0.25) is 0 Å². The number of likely N-dealkylation sites (tertiary alicyclic amines) is 1. The second-order valence-corrected chi connectivity index (χ2v) is 9.61. The summed E-state index contributed by atoms with van der Waals surface area (Å²) in [6.07, 6.45) is 2.58. The molecule has 2 aromatic carbocycles. The van der Waals surface area contributed by atoms with Crippen molar-refractivity contribution < 1.29 is 14.3 Å². The standard InChI is InChI=1S/C28H26ClN3O4/c1-36-25-7-3-2-5-20(25)14-23(30-27(34)19-9-11-22(29)12-10-19)28(35)31-15-18-13-21(17-31)24-6-4-8-26(33)32(24)16-18/h2-12,14,18,21H,13,15-17H2,1H3,(H,30,34)/b23-14+. The molecule has 1 N–H and O–H groups in total. The first kappa shape index (κ1) is 23.9. The number of methoxy groups -OCH3 is 1. The second kappa shape index (κ2) is 10.0. The van der Waals surface area contributed by atoms with Crippen LogP contribution in [0, 0.1) is 5.92 Å². The normalized spacial score (nSPS) is 18.8. The Bertz CT molecular complexity index is 1400. The number of amides is 2. The van der Waals surface area contributed by atoms with Crippen molar-refractivity contribution in [3.63, 3.8) is 0 Å². The number of piperidine rings is 1. The monoisotopic (exact) mass is 503 g/mol. The molecule has 5 rings (SSSR count). The van der Waals surface area contributed by atoms with Crippen LogP contribution >= 0.6 is 11.6 Å². The highest BCUT2D eigenvalue weighted by atomic mass is 35.5. The van der Waals surface area contributed by atoms with E-state index in [4.69, 9.17) is 16.3 Å². The number of nitrogens with one attached hydrogen (secondary N) is 1. The number of halogens is 1. The fourth-order valence-electron chi connectivity index (χ4n) is 5.12. The molecule has 1 aromatic heterocycles. The predicted molar refractivity (Wildman–Crippen MR) is 138 cm³/mol. The molecule has 1 saturated heterocycles. The third-order valence-electron chi connectivity index (χ3n) is 6.79. The Morgan fingerprint density at radius 3 is 2.56 bits per heavy atom. The molecule has 0 radical (unpaired) electrons. The molecule has 2 unspecified atom stereocenters. The van der Waals surface area contributed by atoms with Gasteiger partial charge in [-0.1, -0.05) is 35.9 Å². The highest BCUT2D eigenvalue weighted by Gasteiger charge is 2.37. The maximum Gasteiger partial charge on any atom is 0.270 e.